The van der Waals surface area contributed by atoms with Gasteiger partial charge in [-0.2, -0.15) is 0 Å². The van der Waals surface area contributed by atoms with E-state index < -0.39 is 0 Å². The summed E-state index contributed by atoms with van der Waals surface area (Å²) in [5.41, 5.74) is 2.69. The molecule has 0 heterocycles. The van der Waals surface area contributed by atoms with E-state index in [-0.39, 0.29) is 5.91 Å². The first-order valence-corrected chi connectivity index (χ1v) is 4.26. The largest absolute Gasteiger partial charge is 0.383 e. The van der Waals surface area contributed by atoms with Gasteiger partial charge in [0.15, 0.2) is 5.11 Å². The van der Waals surface area contributed by atoms with Crippen molar-refractivity contribution in [1.82, 2.24) is 15.8 Å². The predicted octanol–water partition coefficient (Wildman–Crippen LogP) is -0.510. The van der Waals surface area contributed by atoms with Crippen molar-refractivity contribution in [1.29, 1.82) is 0 Å². The zero-order valence-corrected chi connectivity index (χ0v) is 8.90. The topological polar surface area (TPSA) is 53.6 Å². The molecule has 1 amide bonds. The fourth-order valence-corrected chi connectivity index (χ4v) is 0.776. The minimum absolute atomic E-state index is 0.101. The second-order valence-corrected chi connectivity index (χ2v) is 2.85. The zero-order valence-electron chi connectivity index (χ0n) is 8.09. The van der Waals surface area contributed by atoms with Crippen LogP contribution < -0.4 is 10.7 Å². The molecular weight excluding hydrogens is 190 g/mol. The molecular formula is C7H15N3O2S. The molecule has 0 aromatic rings. The van der Waals surface area contributed by atoms with Crippen molar-refractivity contribution in [3.05, 3.63) is 0 Å². The van der Waals surface area contributed by atoms with Crippen LogP contribution in [0.2, 0.25) is 0 Å². The van der Waals surface area contributed by atoms with Crippen LogP contribution in [-0.4, -0.2) is 43.3 Å². The first-order valence-electron chi connectivity index (χ1n) is 3.85. The third-order valence-electron chi connectivity index (χ3n) is 1.33. The number of rotatable bonds is 3. The maximum Gasteiger partial charge on any atom is 0.237 e. The summed E-state index contributed by atoms with van der Waals surface area (Å²) in [4.78, 5) is 10.8. The van der Waals surface area contributed by atoms with Gasteiger partial charge >= 0.3 is 0 Å². The number of nitrogens with zero attached hydrogens (tertiary/aromatic N) is 1. The SMILES string of the molecule is COCCNC(=S)NN(C)C(C)=O. The summed E-state index contributed by atoms with van der Waals surface area (Å²) in [6.45, 7) is 2.64. The molecule has 0 aliphatic heterocycles. The van der Waals surface area contributed by atoms with E-state index in [1.165, 1.54) is 11.9 Å². The normalized spacial score (nSPS) is 9.15. The number of carbonyl (C=O) groups excluding carboxylic acids is 1. The van der Waals surface area contributed by atoms with Crippen LogP contribution in [0.1, 0.15) is 6.92 Å². The molecule has 0 radical (unpaired) electrons. The molecule has 76 valence electrons. The van der Waals surface area contributed by atoms with E-state index in [1.54, 1.807) is 14.2 Å². The van der Waals surface area contributed by atoms with Crippen LogP contribution in [0.3, 0.4) is 0 Å². The fraction of sp³-hybridized carbons (Fsp3) is 0.714. The Kier molecular flexibility index (Phi) is 6.17. The van der Waals surface area contributed by atoms with E-state index in [9.17, 15) is 4.79 Å². The maximum atomic E-state index is 10.8. The number of thiocarbonyl (C=S) groups is 1. The van der Waals surface area contributed by atoms with Crippen LogP contribution in [0.4, 0.5) is 0 Å². The standard InChI is InChI=1S/C7H15N3O2S/c1-6(11)10(2)9-7(13)8-4-5-12-3/h4-5H2,1-3H3,(H2,8,9,13). The summed E-state index contributed by atoms with van der Waals surface area (Å²) in [7, 11) is 3.21. The molecule has 0 saturated carbocycles. The minimum Gasteiger partial charge on any atom is -0.383 e. The summed E-state index contributed by atoms with van der Waals surface area (Å²) >= 11 is 4.89. The molecule has 6 heteroatoms. The molecule has 0 aromatic carbocycles. The molecule has 0 atom stereocenters. The first kappa shape index (κ1) is 12.1. The lowest BCUT2D eigenvalue weighted by atomic mass is 10.7. The van der Waals surface area contributed by atoms with E-state index in [1.807, 2.05) is 0 Å². The van der Waals surface area contributed by atoms with E-state index in [4.69, 9.17) is 17.0 Å². The van der Waals surface area contributed by atoms with Gasteiger partial charge in [0.05, 0.1) is 6.61 Å². The third kappa shape index (κ3) is 6.30. The number of nitrogens with one attached hydrogen (secondary N) is 2. The summed E-state index contributed by atoms with van der Waals surface area (Å²) in [5.74, 6) is -0.101. The van der Waals surface area contributed by atoms with Crippen molar-refractivity contribution < 1.29 is 9.53 Å². The fourth-order valence-electron chi connectivity index (χ4n) is 0.537. The van der Waals surface area contributed by atoms with Gasteiger partial charge in [0.1, 0.15) is 0 Å². The highest BCUT2D eigenvalue weighted by Crippen LogP contribution is 1.77. The molecule has 0 aliphatic rings. The molecule has 0 fully saturated rings. The molecule has 0 aromatic heterocycles. The van der Waals surface area contributed by atoms with Crippen molar-refractivity contribution in [2.75, 3.05) is 27.3 Å². The number of methoxy groups -OCH3 is 1. The molecule has 13 heavy (non-hydrogen) atoms. The number of ether oxygens (including phenoxy) is 1. The van der Waals surface area contributed by atoms with Gasteiger partial charge in [0, 0.05) is 27.6 Å². The molecule has 5 nitrogen and oxygen atoms in total. The van der Waals surface area contributed by atoms with Crippen molar-refractivity contribution in [3.8, 4) is 0 Å². The Morgan fingerprint density at radius 1 is 1.62 bits per heavy atom. The van der Waals surface area contributed by atoms with Gasteiger partial charge in [0.25, 0.3) is 0 Å². The van der Waals surface area contributed by atoms with Crippen LogP contribution in [0.25, 0.3) is 0 Å². The van der Waals surface area contributed by atoms with E-state index >= 15 is 0 Å². The van der Waals surface area contributed by atoms with Gasteiger partial charge in [-0.25, -0.2) is 0 Å². The first-order chi connectivity index (χ1) is 6.07. The molecule has 0 spiro atoms. The highest BCUT2D eigenvalue weighted by Gasteiger charge is 2.02. The molecule has 0 rings (SSSR count). The predicted molar refractivity (Wildman–Crippen MR) is 54.1 cm³/mol. The van der Waals surface area contributed by atoms with E-state index in [0.29, 0.717) is 18.3 Å². The van der Waals surface area contributed by atoms with E-state index in [0.717, 1.165) is 0 Å². The Balaban J connectivity index is 3.56. The van der Waals surface area contributed by atoms with Crippen molar-refractivity contribution in [2.45, 2.75) is 6.92 Å². The average Bonchev–Trinajstić information content (AvgIpc) is 2.04. The summed E-state index contributed by atoms with van der Waals surface area (Å²) in [6.07, 6.45) is 0. The summed E-state index contributed by atoms with van der Waals surface area (Å²) in [6, 6.07) is 0. The smallest absolute Gasteiger partial charge is 0.237 e. The summed E-state index contributed by atoms with van der Waals surface area (Å²) < 4.78 is 4.81. The lowest BCUT2D eigenvalue weighted by Gasteiger charge is -2.18. The molecule has 0 saturated heterocycles. The van der Waals surface area contributed by atoms with Crippen LogP contribution in [0.5, 0.6) is 0 Å². The molecule has 0 unspecified atom stereocenters. The highest BCUT2D eigenvalue weighted by molar-refractivity contribution is 7.80. The Hall–Kier alpha value is -0.880. The minimum atomic E-state index is -0.101. The number of hydrogen-bond acceptors (Lipinski definition) is 3. The van der Waals surface area contributed by atoms with Crippen molar-refractivity contribution in [2.24, 2.45) is 0 Å². The quantitative estimate of drug-likeness (QED) is 0.369. The van der Waals surface area contributed by atoms with Crippen molar-refractivity contribution >= 4 is 23.2 Å². The highest BCUT2D eigenvalue weighted by atomic mass is 32.1. The van der Waals surface area contributed by atoms with Crippen LogP contribution in [-0.2, 0) is 9.53 Å². The maximum absolute atomic E-state index is 10.8. The second-order valence-electron chi connectivity index (χ2n) is 2.44. The third-order valence-corrected chi connectivity index (χ3v) is 1.57. The van der Waals surface area contributed by atoms with Gasteiger partial charge in [-0.3, -0.25) is 15.2 Å². The summed E-state index contributed by atoms with van der Waals surface area (Å²) in [5, 5.41) is 4.59. The van der Waals surface area contributed by atoms with Gasteiger partial charge in [-0.1, -0.05) is 0 Å². The number of carbonyl (C=O) groups is 1. The molecule has 0 bridgehead atoms. The van der Waals surface area contributed by atoms with Crippen LogP contribution >= 0.6 is 12.2 Å². The van der Waals surface area contributed by atoms with Crippen LogP contribution in [0.15, 0.2) is 0 Å². The lowest BCUT2D eigenvalue weighted by molar-refractivity contribution is -0.129. The Bertz CT molecular complexity index is 187. The van der Waals surface area contributed by atoms with Crippen molar-refractivity contribution in [3.63, 3.8) is 0 Å². The van der Waals surface area contributed by atoms with Crippen LogP contribution in [0, 0.1) is 0 Å². The van der Waals surface area contributed by atoms with E-state index in [2.05, 4.69) is 10.7 Å². The lowest BCUT2D eigenvalue weighted by Crippen LogP contribution is -2.47. The Morgan fingerprint density at radius 2 is 2.23 bits per heavy atom. The number of hydrogen-bond donors (Lipinski definition) is 2. The second kappa shape index (κ2) is 6.62. The van der Waals surface area contributed by atoms with Gasteiger partial charge in [0.2, 0.25) is 5.91 Å². The van der Waals surface area contributed by atoms with Gasteiger partial charge < -0.3 is 10.1 Å². The molecule has 0 aliphatic carbocycles. The Labute approximate surface area is 83.4 Å². The Morgan fingerprint density at radius 3 is 2.69 bits per heavy atom. The molecule has 2 N–H and O–H groups in total. The average molecular weight is 205 g/mol. The zero-order chi connectivity index (χ0) is 10.3. The van der Waals surface area contributed by atoms with Gasteiger partial charge in [-0.15, -0.1) is 0 Å². The monoisotopic (exact) mass is 205 g/mol. The van der Waals surface area contributed by atoms with Gasteiger partial charge in [-0.05, 0) is 12.2 Å². The number of amides is 1. The number of hydrazine groups is 1.